The molecular weight excluding hydrogens is 444 g/mol. The van der Waals surface area contributed by atoms with Crippen LogP contribution in [0.25, 0.3) is 0 Å². The standard InChI is InChI=1S/C25H27ClN2O3S/c1-16(2)20-7-5-6-8-22(20)28-24(29)15-27-21-13-14-23(25(26)18(21)4)32(30,31)19-11-9-17(3)10-12-19/h5-14,16,27H,15H2,1-4H3,(H,28,29). The van der Waals surface area contributed by atoms with E-state index in [0.29, 0.717) is 11.3 Å². The number of carbonyl (C=O) groups excluding carboxylic acids is 1. The van der Waals surface area contributed by atoms with Crippen LogP contribution in [0.4, 0.5) is 11.4 Å². The molecule has 3 aromatic rings. The lowest BCUT2D eigenvalue weighted by atomic mass is 10.0. The fraction of sp³-hybridized carbons (Fsp3) is 0.240. The fourth-order valence-corrected chi connectivity index (χ4v) is 5.24. The first-order chi connectivity index (χ1) is 15.1. The van der Waals surface area contributed by atoms with E-state index in [2.05, 4.69) is 24.5 Å². The highest BCUT2D eigenvalue weighted by molar-refractivity contribution is 7.91. The number of anilines is 2. The van der Waals surface area contributed by atoms with Gasteiger partial charge in [-0.1, -0.05) is 61.3 Å². The van der Waals surface area contributed by atoms with Crippen LogP contribution in [0.5, 0.6) is 0 Å². The van der Waals surface area contributed by atoms with Gasteiger partial charge >= 0.3 is 0 Å². The van der Waals surface area contributed by atoms with Gasteiger partial charge in [0.15, 0.2) is 0 Å². The van der Waals surface area contributed by atoms with Gasteiger partial charge in [0.25, 0.3) is 0 Å². The van der Waals surface area contributed by atoms with Crippen molar-refractivity contribution in [3.8, 4) is 0 Å². The van der Waals surface area contributed by atoms with E-state index >= 15 is 0 Å². The zero-order valence-electron chi connectivity index (χ0n) is 18.6. The molecule has 2 N–H and O–H groups in total. The third kappa shape index (κ3) is 5.14. The van der Waals surface area contributed by atoms with Gasteiger partial charge < -0.3 is 10.6 Å². The molecule has 3 rings (SSSR count). The van der Waals surface area contributed by atoms with Crippen molar-refractivity contribution in [3.63, 3.8) is 0 Å². The van der Waals surface area contributed by atoms with Gasteiger partial charge in [0.2, 0.25) is 15.7 Å². The lowest BCUT2D eigenvalue weighted by Gasteiger charge is -2.16. The summed E-state index contributed by atoms with van der Waals surface area (Å²) < 4.78 is 26.0. The third-order valence-electron chi connectivity index (χ3n) is 5.27. The van der Waals surface area contributed by atoms with E-state index in [-0.39, 0.29) is 33.2 Å². The normalized spacial score (nSPS) is 11.4. The molecule has 0 aromatic heterocycles. The highest BCUT2D eigenvalue weighted by atomic mass is 35.5. The number of benzene rings is 3. The van der Waals surface area contributed by atoms with Crippen LogP contribution in [-0.4, -0.2) is 20.9 Å². The van der Waals surface area contributed by atoms with Gasteiger partial charge in [-0.05, 0) is 61.2 Å². The number of aryl methyl sites for hydroxylation is 1. The predicted molar refractivity (Wildman–Crippen MR) is 130 cm³/mol. The molecule has 0 bridgehead atoms. The quantitative estimate of drug-likeness (QED) is 0.446. The molecular formula is C25H27ClN2O3S. The highest BCUT2D eigenvalue weighted by Gasteiger charge is 2.23. The van der Waals surface area contributed by atoms with E-state index in [1.54, 1.807) is 37.3 Å². The molecule has 0 spiro atoms. The van der Waals surface area contributed by atoms with E-state index in [9.17, 15) is 13.2 Å². The average Bonchev–Trinajstić information content (AvgIpc) is 2.75. The van der Waals surface area contributed by atoms with Crippen molar-refractivity contribution in [2.24, 2.45) is 0 Å². The number of sulfone groups is 1. The smallest absolute Gasteiger partial charge is 0.243 e. The molecule has 0 fully saturated rings. The van der Waals surface area contributed by atoms with Gasteiger partial charge in [0.1, 0.15) is 0 Å². The minimum Gasteiger partial charge on any atom is -0.376 e. The van der Waals surface area contributed by atoms with Crippen molar-refractivity contribution in [3.05, 3.63) is 82.4 Å². The Labute approximate surface area is 194 Å². The molecule has 0 saturated carbocycles. The van der Waals surface area contributed by atoms with E-state index in [1.165, 1.54) is 6.07 Å². The van der Waals surface area contributed by atoms with Gasteiger partial charge in [-0.3, -0.25) is 4.79 Å². The summed E-state index contributed by atoms with van der Waals surface area (Å²) in [5.74, 6) is 0.0773. The van der Waals surface area contributed by atoms with Crippen molar-refractivity contribution in [1.82, 2.24) is 0 Å². The Morgan fingerprint density at radius 3 is 2.25 bits per heavy atom. The van der Waals surface area contributed by atoms with Gasteiger partial charge in [0.05, 0.1) is 21.4 Å². The monoisotopic (exact) mass is 470 g/mol. The summed E-state index contributed by atoms with van der Waals surface area (Å²) in [6, 6.07) is 17.4. The Kier molecular flexibility index (Phi) is 7.26. The fourth-order valence-electron chi connectivity index (χ4n) is 3.39. The lowest BCUT2D eigenvalue weighted by molar-refractivity contribution is -0.114. The molecule has 3 aromatic carbocycles. The van der Waals surface area contributed by atoms with Crippen LogP contribution in [0.3, 0.4) is 0 Å². The van der Waals surface area contributed by atoms with Gasteiger partial charge in [-0.2, -0.15) is 0 Å². The van der Waals surface area contributed by atoms with Crippen LogP contribution in [0.2, 0.25) is 5.02 Å². The second kappa shape index (κ2) is 9.76. The summed E-state index contributed by atoms with van der Waals surface area (Å²) in [6.07, 6.45) is 0. The molecule has 168 valence electrons. The first-order valence-corrected chi connectivity index (χ1v) is 12.2. The number of hydrogen-bond donors (Lipinski definition) is 2. The number of nitrogens with one attached hydrogen (secondary N) is 2. The molecule has 0 unspecified atom stereocenters. The van der Waals surface area contributed by atoms with Crippen molar-refractivity contribution in [2.45, 2.75) is 43.4 Å². The average molecular weight is 471 g/mol. The molecule has 0 radical (unpaired) electrons. The first kappa shape index (κ1) is 23.8. The summed E-state index contributed by atoms with van der Waals surface area (Å²) in [7, 11) is -3.75. The third-order valence-corrected chi connectivity index (χ3v) is 7.68. The molecule has 0 saturated heterocycles. The Hall–Kier alpha value is -2.83. The van der Waals surface area contributed by atoms with E-state index in [4.69, 9.17) is 11.6 Å². The minimum atomic E-state index is -3.75. The maximum absolute atomic E-state index is 13.0. The maximum Gasteiger partial charge on any atom is 0.243 e. The number of para-hydroxylation sites is 1. The number of carbonyl (C=O) groups is 1. The zero-order chi connectivity index (χ0) is 23.5. The maximum atomic E-state index is 13.0. The summed E-state index contributed by atoms with van der Waals surface area (Å²) >= 11 is 6.45. The Morgan fingerprint density at radius 1 is 0.938 bits per heavy atom. The van der Waals surface area contributed by atoms with Crippen molar-refractivity contribution >= 4 is 38.7 Å². The Morgan fingerprint density at radius 2 is 1.59 bits per heavy atom. The van der Waals surface area contributed by atoms with Gasteiger partial charge in [-0.25, -0.2) is 8.42 Å². The largest absolute Gasteiger partial charge is 0.376 e. The van der Waals surface area contributed by atoms with E-state index in [1.807, 2.05) is 31.2 Å². The molecule has 0 atom stereocenters. The summed E-state index contributed by atoms with van der Waals surface area (Å²) in [5.41, 5.74) is 3.98. The Balaban J connectivity index is 1.76. The van der Waals surface area contributed by atoms with Crippen LogP contribution in [0.1, 0.15) is 36.5 Å². The second-order valence-electron chi connectivity index (χ2n) is 8.01. The van der Waals surface area contributed by atoms with E-state index < -0.39 is 9.84 Å². The highest BCUT2D eigenvalue weighted by Crippen LogP contribution is 2.34. The van der Waals surface area contributed by atoms with Gasteiger partial charge in [0, 0.05) is 11.4 Å². The topological polar surface area (TPSA) is 75.3 Å². The number of rotatable bonds is 7. The van der Waals surface area contributed by atoms with Crippen LogP contribution in [0, 0.1) is 13.8 Å². The van der Waals surface area contributed by atoms with Crippen molar-refractivity contribution in [1.29, 1.82) is 0 Å². The predicted octanol–water partition coefficient (Wildman–Crippen LogP) is 5.96. The summed E-state index contributed by atoms with van der Waals surface area (Å²) in [4.78, 5) is 12.7. The molecule has 1 amide bonds. The molecule has 0 aliphatic carbocycles. The number of hydrogen-bond acceptors (Lipinski definition) is 4. The molecule has 5 nitrogen and oxygen atoms in total. The SMILES string of the molecule is Cc1ccc(S(=O)(=O)c2ccc(NCC(=O)Nc3ccccc3C(C)C)c(C)c2Cl)cc1. The summed E-state index contributed by atoms with van der Waals surface area (Å²) in [5, 5.41) is 6.12. The van der Waals surface area contributed by atoms with Crippen LogP contribution < -0.4 is 10.6 Å². The Bertz CT molecular complexity index is 1240. The molecule has 7 heteroatoms. The van der Waals surface area contributed by atoms with E-state index in [0.717, 1.165) is 16.8 Å². The van der Waals surface area contributed by atoms with Crippen LogP contribution >= 0.6 is 11.6 Å². The lowest BCUT2D eigenvalue weighted by Crippen LogP contribution is -2.23. The molecule has 0 aliphatic heterocycles. The number of amides is 1. The summed E-state index contributed by atoms with van der Waals surface area (Å²) in [6.45, 7) is 7.78. The molecule has 0 heterocycles. The van der Waals surface area contributed by atoms with Crippen LogP contribution in [0.15, 0.2) is 70.5 Å². The first-order valence-electron chi connectivity index (χ1n) is 10.3. The van der Waals surface area contributed by atoms with Gasteiger partial charge in [-0.15, -0.1) is 0 Å². The minimum absolute atomic E-state index is 0.0215. The van der Waals surface area contributed by atoms with Crippen molar-refractivity contribution < 1.29 is 13.2 Å². The van der Waals surface area contributed by atoms with Crippen molar-refractivity contribution in [2.75, 3.05) is 17.2 Å². The zero-order valence-corrected chi connectivity index (χ0v) is 20.1. The molecule has 32 heavy (non-hydrogen) atoms. The molecule has 0 aliphatic rings. The number of halogens is 1. The van der Waals surface area contributed by atoms with Crippen LogP contribution in [-0.2, 0) is 14.6 Å². The second-order valence-corrected chi connectivity index (χ2v) is 10.3.